The molecular formula is C13H21N3OS. The Bertz CT molecular complexity index is 436. The van der Waals surface area contributed by atoms with Crippen LogP contribution in [0.3, 0.4) is 0 Å². The van der Waals surface area contributed by atoms with Crippen molar-refractivity contribution in [3.63, 3.8) is 0 Å². The molecule has 0 bridgehead atoms. The Morgan fingerprint density at radius 1 is 1.39 bits per heavy atom. The highest BCUT2D eigenvalue weighted by molar-refractivity contribution is 8.13. The summed E-state index contributed by atoms with van der Waals surface area (Å²) in [6.07, 6.45) is 0. The fraction of sp³-hybridized carbons (Fsp3) is 0.692. The van der Waals surface area contributed by atoms with Gasteiger partial charge in [-0.3, -0.25) is 4.99 Å². The zero-order valence-electron chi connectivity index (χ0n) is 11.7. The third-order valence-electron chi connectivity index (χ3n) is 3.49. The van der Waals surface area contributed by atoms with E-state index in [0.717, 1.165) is 27.9 Å². The lowest BCUT2D eigenvalue weighted by atomic mass is 10.1. The SMILES string of the molecule is Cc1noc(C)c1C(C)NC1=NC(C)C(C)CS1. The highest BCUT2D eigenvalue weighted by Crippen LogP contribution is 2.25. The summed E-state index contributed by atoms with van der Waals surface area (Å²) in [4.78, 5) is 4.69. The van der Waals surface area contributed by atoms with E-state index >= 15 is 0 Å². The summed E-state index contributed by atoms with van der Waals surface area (Å²) in [5.74, 6) is 2.66. The van der Waals surface area contributed by atoms with Crippen LogP contribution in [0.15, 0.2) is 9.52 Å². The molecule has 0 saturated carbocycles. The highest BCUT2D eigenvalue weighted by Gasteiger charge is 2.22. The molecule has 1 aromatic heterocycles. The summed E-state index contributed by atoms with van der Waals surface area (Å²) < 4.78 is 5.21. The first kappa shape index (κ1) is 13.5. The van der Waals surface area contributed by atoms with Gasteiger partial charge < -0.3 is 9.84 Å². The molecular weight excluding hydrogens is 246 g/mol. The molecule has 100 valence electrons. The number of aliphatic imine (C=N–C) groups is 1. The van der Waals surface area contributed by atoms with E-state index in [-0.39, 0.29) is 6.04 Å². The van der Waals surface area contributed by atoms with Crippen LogP contribution in [0.2, 0.25) is 0 Å². The molecule has 1 N–H and O–H groups in total. The van der Waals surface area contributed by atoms with Gasteiger partial charge in [0.1, 0.15) is 5.76 Å². The number of aromatic nitrogens is 1. The molecule has 3 atom stereocenters. The van der Waals surface area contributed by atoms with Gasteiger partial charge in [-0.05, 0) is 33.6 Å². The Morgan fingerprint density at radius 3 is 2.67 bits per heavy atom. The van der Waals surface area contributed by atoms with Crippen LogP contribution in [0, 0.1) is 19.8 Å². The standard InChI is InChI=1S/C13H21N3OS/c1-7-6-18-13(14-8(7)2)15-9(3)12-10(4)16-17-11(12)5/h7-9H,6H2,1-5H3,(H,14,15). The topological polar surface area (TPSA) is 50.4 Å². The quantitative estimate of drug-likeness (QED) is 0.894. The first-order chi connectivity index (χ1) is 8.49. The molecule has 3 unspecified atom stereocenters. The maximum absolute atomic E-state index is 5.21. The minimum atomic E-state index is 0.183. The second kappa shape index (κ2) is 5.34. The lowest BCUT2D eigenvalue weighted by molar-refractivity contribution is 0.391. The van der Waals surface area contributed by atoms with Gasteiger partial charge in [0.2, 0.25) is 0 Å². The first-order valence-electron chi connectivity index (χ1n) is 6.39. The van der Waals surface area contributed by atoms with E-state index in [0.29, 0.717) is 12.0 Å². The fourth-order valence-corrected chi connectivity index (χ4v) is 3.34. The largest absolute Gasteiger partial charge is 0.361 e. The molecule has 4 nitrogen and oxygen atoms in total. The van der Waals surface area contributed by atoms with Crippen molar-refractivity contribution in [3.8, 4) is 0 Å². The van der Waals surface area contributed by atoms with Gasteiger partial charge in [0.05, 0.1) is 17.8 Å². The van der Waals surface area contributed by atoms with Crippen LogP contribution in [0.4, 0.5) is 0 Å². The molecule has 0 fully saturated rings. The van der Waals surface area contributed by atoms with Crippen molar-refractivity contribution < 1.29 is 4.52 Å². The van der Waals surface area contributed by atoms with Crippen molar-refractivity contribution in [1.82, 2.24) is 10.5 Å². The lowest BCUT2D eigenvalue weighted by Crippen LogP contribution is -2.32. The Morgan fingerprint density at radius 2 is 2.11 bits per heavy atom. The summed E-state index contributed by atoms with van der Waals surface area (Å²) in [6, 6.07) is 0.578. The van der Waals surface area contributed by atoms with E-state index in [1.165, 1.54) is 0 Å². The first-order valence-corrected chi connectivity index (χ1v) is 7.37. The Labute approximate surface area is 113 Å². The van der Waals surface area contributed by atoms with E-state index in [1.54, 1.807) is 11.8 Å². The van der Waals surface area contributed by atoms with Gasteiger partial charge in [-0.25, -0.2) is 0 Å². The average molecular weight is 267 g/mol. The predicted molar refractivity (Wildman–Crippen MR) is 76.0 cm³/mol. The Hall–Kier alpha value is -0.970. The van der Waals surface area contributed by atoms with Gasteiger partial charge in [0.15, 0.2) is 5.17 Å². The second-order valence-corrected chi connectivity index (χ2v) is 6.08. The number of thioether (sulfide) groups is 1. The third-order valence-corrected chi connectivity index (χ3v) is 4.68. The van der Waals surface area contributed by atoms with Crippen molar-refractivity contribution >= 4 is 16.9 Å². The number of nitrogens with zero attached hydrogens (tertiary/aromatic N) is 2. The molecule has 0 aliphatic carbocycles. The number of hydrogen-bond donors (Lipinski definition) is 1. The van der Waals surface area contributed by atoms with Gasteiger partial charge >= 0.3 is 0 Å². The maximum Gasteiger partial charge on any atom is 0.157 e. The Balaban J connectivity index is 2.09. The molecule has 18 heavy (non-hydrogen) atoms. The van der Waals surface area contributed by atoms with Crippen molar-refractivity contribution in [2.75, 3.05) is 5.75 Å². The number of nitrogens with one attached hydrogen (secondary N) is 1. The van der Waals surface area contributed by atoms with Crippen LogP contribution in [0.1, 0.15) is 43.8 Å². The molecule has 1 aliphatic heterocycles. The third kappa shape index (κ3) is 2.71. The summed E-state index contributed by atoms with van der Waals surface area (Å²) in [5, 5.41) is 8.50. The van der Waals surface area contributed by atoms with Gasteiger partial charge in [-0.1, -0.05) is 23.8 Å². The molecule has 1 aliphatic rings. The minimum Gasteiger partial charge on any atom is -0.361 e. The van der Waals surface area contributed by atoms with Gasteiger partial charge in [0, 0.05) is 11.3 Å². The van der Waals surface area contributed by atoms with Crippen LogP contribution in [0.5, 0.6) is 0 Å². The molecule has 0 aromatic carbocycles. The molecule has 0 radical (unpaired) electrons. The highest BCUT2D eigenvalue weighted by atomic mass is 32.2. The lowest BCUT2D eigenvalue weighted by Gasteiger charge is -2.25. The predicted octanol–water partition coefficient (Wildman–Crippen LogP) is 3.07. The van der Waals surface area contributed by atoms with E-state index in [4.69, 9.17) is 4.52 Å². The molecule has 2 rings (SSSR count). The Kier molecular flexibility index (Phi) is 4.00. The zero-order chi connectivity index (χ0) is 13.3. The van der Waals surface area contributed by atoms with Gasteiger partial charge in [-0.15, -0.1) is 0 Å². The number of rotatable bonds is 2. The maximum atomic E-state index is 5.21. The summed E-state index contributed by atoms with van der Waals surface area (Å²) in [5.41, 5.74) is 2.10. The smallest absolute Gasteiger partial charge is 0.157 e. The van der Waals surface area contributed by atoms with Gasteiger partial charge in [-0.2, -0.15) is 0 Å². The van der Waals surface area contributed by atoms with E-state index < -0.39 is 0 Å². The molecule has 2 heterocycles. The van der Waals surface area contributed by atoms with Crippen LogP contribution >= 0.6 is 11.8 Å². The van der Waals surface area contributed by atoms with Crippen LogP contribution < -0.4 is 5.32 Å². The molecule has 1 aromatic rings. The number of amidine groups is 1. The van der Waals surface area contributed by atoms with Crippen molar-refractivity contribution in [1.29, 1.82) is 0 Å². The normalized spacial score (nSPS) is 25.7. The van der Waals surface area contributed by atoms with Crippen molar-refractivity contribution in [2.24, 2.45) is 10.9 Å². The van der Waals surface area contributed by atoms with E-state index in [9.17, 15) is 0 Å². The fourth-order valence-electron chi connectivity index (χ4n) is 2.14. The molecule has 5 heteroatoms. The molecule has 0 saturated heterocycles. The van der Waals surface area contributed by atoms with Crippen molar-refractivity contribution in [2.45, 2.75) is 46.7 Å². The van der Waals surface area contributed by atoms with Crippen LogP contribution in [0.25, 0.3) is 0 Å². The zero-order valence-corrected chi connectivity index (χ0v) is 12.5. The summed E-state index contributed by atoms with van der Waals surface area (Å²) in [6.45, 7) is 10.5. The summed E-state index contributed by atoms with van der Waals surface area (Å²) in [7, 11) is 0. The molecule has 0 spiro atoms. The van der Waals surface area contributed by atoms with E-state index in [1.807, 2.05) is 13.8 Å². The summed E-state index contributed by atoms with van der Waals surface area (Å²) >= 11 is 1.80. The van der Waals surface area contributed by atoms with Crippen LogP contribution in [-0.4, -0.2) is 22.1 Å². The number of aryl methyl sites for hydroxylation is 2. The molecule has 0 amide bonds. The monoisotopic (exact) mass is 267 g/mol. The average Bonchev–Trinajstić information content (AvgIpc) is 2.64. The minimum absolute atomic E-state index is 0.183. The van der Waals surface area contributed by atoms with Crippen molar-refractivity contribution in [3.05, 3.63) is 17.0 Å². The number of hydrogen-bond acceptors (Lipinski definition) is 5. The second-order valence-electron chi connectivity index (χ2n) is 5.07. The van der Waals surface area contributed by atoms with Crippen LogP contribution in [-0.2, 0) is 0 Å². The van der Waals surface area contributed by atoms with E-state index in [2.05, 4.69) is 36.2 Å². The van der Waals surface area contributed by atoms with Gasteiger partial charge in [0.25, 0.3) is 0 Å².